The second-order valence-corrected chi connectivity index (χ2v) is 2.37. The Morgan fingerprint density at radius 3 is 2.73 bits per heavy atom. The van der Waals surface area contributed by atoms with Crippen LogP contribution in [0.1, 0.15) is 17.0 Å². The maximum atomic E-state index is 9.15. The van der Waals surface area contributed by atoms with Crippen LogP contribution in [-0.2, 0) is 0 Å². The van der Waals surface area contributed by atoms with Gasteiger partial charge in [0.05, 0.1) is 5.69 Å². The summed E-state index contributed by atoms with van der Waals surface area (Å²) in [5.41, 5.74) is 1.57. The van der Waals surface area contributed by atoms with Gasteiger partial charge in [-0.15, -0.1) is 0 Å². The number of rotatable bonds is 0. The highest BCUT2D eigenvalue weighted by atomic mass is 16.3. The van der Waals surface area contributed by atoms with E-state index in [1.807, 2.05) is 6.07 Å². The molecule has 56 valence electrons. The highest BCUT2D eigenvalue weighted by Gasteiger charge is 2.02. The molecule has 0 saturated heterocycles. The molecular formula is C8H8N2O. The molecule has 0 unspecified atom stereocenters. The van der Waals surface area contributed by atoms with E-state index in [0.717, 1.165) is 0 Å². The zero-order chi connectivity index (χ0) is 8.43. The van der Waals surface area contributed by atoms with Crippen molar-refractivity contribution in [3.8, 4) is 11.8 Å². The SMILES string of the molecule is Cc1cc(O)c(C)nc1C#N. The summed E-state index contributed by atoms with van der Waals surface area (Å²) in [6.45, 7) is 3.40. The van der Waals surface area contributed by atoms with Crippen LogP contribution in [0.2, 0.25) is 0 Å². The first-order valence-corrected chi connectivity index (χ1v) is 3.22. The lowest BCUT2D eigenvalue weighted by Gasteiger charge is -1.99. The van der Waals surface area contributed by atoms with Crippen molar-refractivity contribution >= 4 is 0 Å². The highest BCUT2D eigenvalue weighted by Crippen LogP contribution is 2.16. The van der Waals surface area contributed by atoms with Crippen LogP contribution in [0, 0.1) is 25.2 Å². The third kappa shape index (κ3) is 1.30. The van der Waals surface area contributed by atoms with Gasteiger partial charge in [0, 0.05) is 0 Å². The Bertz CT molecular complexity index is 326. The Morgan fingerprint density at radius 2 is 2.18 bits per heavy atom. The first-order valence-electron chi connectivity index (χ1n) is 3.22. The van der Waals surface area contributed by atoms with Crippen molar-refractivity contribution in [2.75, 3.05) is 0 Å². The van der Waals surface area contributed by atoms with Crippen molar-refractivity contribution in [1.82, 2.24) is 4.98 Å². The van der Waals surface area contributed by atoms with Crippen LogP contribution in [-0.4, -0.2) is 10.1 Å². The fourth-order valence-electron chi connectivity index (χ4n) is 0.804. The summed E-state index contributed by atoms with van der Waals surface area (Å²) in [4.78, 5) is 3.88. The Labute approximate surface area is 64.9 Å². The molecule has 1 aromatic heterocycles. The first-order chi connectivity index (χ1) is 5.15. The number of nitriles is 1. The molecule has 0 saturated carbocycles. The predicted molar refractivity (Wildman–Crippen MR) is 40.1 cm³/mol. The van der Waals surface area contributed by atoms with E-state index in [9.17, 15) is 0 Å². The lowest BCUT2D eigenvalue weighted by atomic mass is 10.2. The van der Waals surface area contributed by atoms with Crippen molar-refractivity contribution in [2.45, 2.75) is 13.8 Å². The minimum Gasteiger partial charge on any atom is -0.506 e. The maximum absolute atomic E-state index is 9.15. The van der Waals surface area contributed by atoms with E-state index < -0.39 is 0 Å². The summed E-state index contributed by atoms with van der Waals surface area (Å²) < 4.78 is 0. The first kappa shape index (κ1) is 7.55. The third-order valence-corrected chi connectivity index (χ3v) is 1.48. The van der Waals surface area contributed by atoms with Gasteiger partial charge in [-0.25, -0.2) is 4.98 Å². The topological polar surface area (TPSA) is 56.9 Å². The number of pyridine rings is 1. The number of hydrogen-bond donors (Lipinski definition) is 1. The normalized spacial score (nSPS) is 9.18. The number of nitrogens with zero attached hydrogens (tertiary/aromatic N) is 2. The van der Waals surface area contributed by atoms with Crippen LogP contribution in [0.5, 0.6) is 5.75 Å². The van der Waals surface area contributed by atoms with Gasteiger partial charge in [0.2, 0.25) is 0 Å². The van der Waals surface area contributed by atoms with Crippen molar-refractivity contribution in [1.29, 1.82) is 5.26 Å². The summed E-state index contributed by atoms with van der Waals surface area (Å²) in [6, 6.07) is 3.48. The summed E-state index contributed by atoms with van der Waals surface area (Å²) in [5, 5.41) is 17.7. The maximum Gasteiger partial charge on any atom is 0.143 e. The van der Waals surface area contributed by atoms with E-state index in [4.69, 9.17) is 10.4 Å². The third-order valence-electron chi connectivity index (χ3n) is 1.48. The molecule has 0 aromatic carbocycles. The number of hydrogen-bond acceptors (Lipinski definition) is 3. The molecule has 1 aromatic rings. The predicted octanol–water partition coefficient (Wildman–Crippen LogP) is 1.28. The summed E-state index contributed by atoms with van der Waals surface area (Å²) in [5.74, 6) is 0.140. The monoisotopic (exact) mass is 148 g/mol. The standard InChI is InChI=1S/C8H8N2O/c1-5-3-8(11)6(2)10-7(5)4-9/h3,11H,1-2H3. The van der Waals surface area contributed by atoms with Gasteiger partial charge in [-0.1, -0.05) is 0 Å². The second-order valence-electron chi connectivity index (χ2n) is 2.37. The van der Waals surface area contributed by atoms with Crippen LogP contribution < -0.4 is 0 Å². The lowest BCUT2D eigenvalue weighted by Crippen LogP contribution is -1.90. The quantitative estimate of drug-likeness (QED) is 0.602. The molecule has 0 aliphatic rings. The fraction of sp³-hybridized carbons (Fsp3) is 0.250. The fourth-order valence-corrected chi connectivity index (χ4v) is 0.804. The van der Waals surface area contributed by atoms with E-state index in [0.29, 0.717) is 17.0 Å². The molecule has 3 nitrogen and oxygen atoms in total. The Kier molecular flexibility index (Phi) is 1.77. The Morgan fingerprint density at radius 1 is 1.55 bits per heavy atom. The van der Waals surface area contributed by atoms with Gasteiger partial charge < -0.3 is 5.11 Å². The average Bonchev–Trinajstić information content (AvgIpc) is 1.97. The molecule has 0 aliphatic carbocycles. The van der Waals surface area contributed by atoms with Gasteiger partial charge in [-0.2, -0.15) is 5.26 Å². The molecule has 3 heteroatoms. The van der Waals surface area contributed by atoms with Crippen LogP contribution in [0.4, 0.5) is 0 Å². The van der Waals surface area contributed by atoms with Crippen molar-refractivity contribution in [3.63, 3.8) is 0 Å². The van der Waals surface area contributed by atoms with Crippen molar-refractivity contribution < 1.29 is 5.11 Å². The van der Waals surface area contributed by atoms with E-state index in [2.05, 4.69) is 4.98 Å². The van der Waals surface area contributed by atoms with Crippen LogP contribution >= 0.6 is 0 Å². The average molecular weight is 148 g/mol. The lowest BCUT2D eigenvalue weighted by molar-refractivity contribution is 0.467. The number of aromatic hydroxyl groups is 1. The van der Waals surface area contributed by atoms with Crippen LogP contribution in [0.25, 0.3) is 0 Å². The number of aromatic nitrogens is 1. The molecular weight excluding hydrogens is 140 g/mol. The van der Waals surface area contributed by atoms with Crippen molar-refractivity contribution in [3.05, 3.63) is 23.0 Å². The van der Waals surface area contributed by atoms with Crippen molar-refractivity contribution in [2.24, 2.45) is 0 Å². The van der Waals surface area contributed by atoms with Crippen LogP contribution in [0.3, 0.4) is 0 Å². The molecule has 0 spiro atoms. The van der Waals surface area contributed by atoms with Gasteiger partial charge in [-0.05, 0) is 25.5 Å². The second kappa shape index (κ2) is 2.59. The Balaban J connectivity index is 3.35. The van der Waals surface area contributed by atoms with Gasteiger partial charge in [-0.3, -0.25) is 0 Å². The van der Waals surface area contributed by atoms with E-state index in [1.54, 1.807) is 19.9 Å². The van der Waals surface area contributed by atoms with Gasteiger partial charge in [0.25, 0.3) is 0 Å². The summed E-state index contributed by atoms with van der Waals surface area (Å²) in [7, 11) is 0. The molecule has 11 heavy (non-hydrogen) atoms. The van der Waals surface area contributed by atoms with E-state index in [-0.39, 0.29) is 5.75 Å². The Hall–Kier alpha value is -1.56. The van der Waals surface area contributed by atoms with E-state index in [1.165, 1.54) is 0 Å². The molecule has 1 rings (SSSR count). The molecule has 1 heterocycles. The smallest absolute Gasteiger partial charge is 0.143 e. The molecule has 0 radical (unpaired) electrons. The molecule has 0 aliphatic heterocycles. The van der Waals surface area contributed by atoms with Gasteiger partial charge >= 0.3 is 0 Å². The summed E-state index contributed by atoms with van der Waals surface area (Å²) in [6.07, 6.45) is 0. The zero-order valence-corrected chi connectivity index (χ0v) is 6.42. The molecule has 0 fully saturated rings. The minimum absolute atomic E-state index is 0.140. The zero-order valence-electron chi connectivity index (χ0n) is 6.42. The minimum atomic E-state index is 0.140. The number of aryl methyl sites for hydroxylation is 2. The molecule has 0 amide bonds. The molecule has 0 bridgehead atoms. The van der Waals surface area contributed by atoms with Gasteiger partial charge in [0.15, 0.2) is 0 Å². The highest BCUT2D eigenvalue weighted by molar-refractivity contribution is 5.38. The van der Waals surface area contributed by atoms with Crippen LogP contribution in [0.15, 0.2) is 6.07 Å². The molecule has 1 N–H and O–H groups in total. The van der Waals surface area contributed by atoms with Gasteiger partial charge in [0.1, 0.15) is 17.5 Å². The van der Waals surface area contributed by atoms with E-state index >= 15 is 0 Å². The largest absolute Gasteiger partial charge is 0.506 e. The summed E-state index contributed by atoms with van der Waals surface area (Å²) >= 11 is 0. The molecule has 0 atom stereocenters.